The average Bonchev–Trinajstić information content (AvgIpc) is 2.07. The van der Waals surface area contributed by atoms with Crippen molar-refractivity contribution in [2.45, 2.75) is 98.3 Å². The Balaban J connectivity index is 0.576. The van der Waals surface area contributed by atoms with Crippen LogP contribution in [0, 0.1) is 0 Å². The topological polar surface area (TPSA) is 236 Å². The lowest BCUT2D eigenvalue weighted by Gasteiger charge is -2.36. The molecule has 0 aromatic heterocycles. The SMILES string of the molecule is O=C(NCCCCNC(=O)NCCOCCOCCNS(=O)(=O)c1ccc(O[C@@H]2c3c(Cl)cc(Cl)cc3C[C@H]2N2CCCCC2)cc1)NCCOCCOCCNS(=O)(=O)c1ccc(O[C@@H]2c3cc(Cl)cc(Cl)c3C[C@H]2N2CCCCC2)cc1. The highest BCUT2D eigenvalue weighted by atomic mass is 35.5. The lowest BCUT2D eigenvalue weighted by atomic mass is 10.0. The number of rotatable bonds is 33. The molecular weight excluding hydrogens is 1210 g/mol. The van der Waals surface area contributed by atoms with Gasteiger partial charge in [-0.15, -0.1) is 0 Å². The van der Waals surface area contributed by atoms with Crippen LogP contribution in [-0.2, 0) is 51.8 Å². The van der Waals surface area contributed by atoms with Crippen LogP contribution in [0.3, 0.4) is 0 Å². The van der Waals surface area contributed by atoms with Gasteiger partial charge < -0.3 is 49.7 Å². The van der Waals surface area contributed by atoms with Crippen molar-refractivity contribution in [2.75, 3.05) is 118 Å². The third-order valence-corrected chi connectivity index (χ3v) is 19.1. The van der Waals surface area contributed by atoms with Crippen LogP contribution in [0.4, 0.5) is 9.59 Å². The maximum Gasteiger partial charge on any atom is 0.314 e. The van der Waals surface area contributed by atoms with Crippen LogP contribution in [-0.4, -0.2) is 169 Å². The Labute approximate surface area is 514 Å². The molecule has 4 aliphatic rings. The second-order valence-electron chi connectivity index (χ2n) is 21.0. The molecule has 4 aromatic carbocycles. The third kappa shape index (κ3) is 19.6. The van der Waals surface area contributed by atoms with Crippen LogP contribution in [0.15, 0.2) is 82.6 Å². The Morgan fingerprint density at radius 1 is 0.476 bits per heavy atom. The van der Waals surface area contributed by atoms with Gasteiger partial charge in [0.1, 0.15) is 23.7 Å². The molecule has 26 heteroatoms. The fraction of sp³-hybridized carbons (Fsp3) is 0.552. The number of likely N-dealkylation sites (tertiary alicyclic amines) is 2. The summed E-state index contributed by atoms with van der Waals surface area (Å²) in [5.41, 5.74) is 4.02. The summed E-state index contributed by atoms with van der Waals surface area (Å²) in [6.07, 6.45) is 9.20. The van der Waals surface area contributed by atoms with Crippen molar-refractivity contribution in [1.29, 1.82) is 0 Å². The van der Waals surface area contributed by atoms with Gasteiger partial charge in [-0.2, -0.15) is 0 Å². The Hall–Kier alpha value is -4.24. The summed E-state index contributed by atoms with van der Waals surface area (Å²) in [7, 11) is -7.59. The molecule has 2 heterocycles. The summed E-state index contributed by atoms with van der Waals surface area (Å²) in [4.78, 5) is 29.4. The van der Waals surface area contributed by atoms with Crippen LogP contribution in [0.1, 0.15) is 85.8 Å². The number of hydrogen-bond donors (Lipinski definition) is 6. The zero-order chi connectivity index (χ0) is 59.3. The fourth-order valence-electron chi connectivity index (χ4n) is 10.9. The summed E-state index contributed by atoms with van der Waals surface area (Å²) in [6.45, 7) is 7.33. The minimum Gasteiger partial charge on any atom is -0.484 e. The van der Waals surface area contributed by atoms with E-state index >= 15 is 0 Å². The number of halogens is 4. The lowest BCUT2D eigenvalue weighted by Crippen LogP contribution is -2.43. The van der Waals surface area contributed by atoms with E-state index in [2.05, 4.69) is 40.5 Å². The zero-order valence-corrected chi connectivity index (χ0v) is 51.8. The van der Waals surface area contributed by atoms with Gasteiger partial charge in [-0.05, 0) is 161 Å². The number of carbonyl (C=O) groups is 2. The predicted octanol–water partition coefficient (Wildman–Crippen LogP) is 8.06. The van der Waals surface area contributed by atoms with E-state index in [0.29, 0.717) is 57.5 Å². The van der Waals surface area contributed by atoms with E-state index in [9.17, 15) is 26.4 Å². The first kappa shape index (κ1) is 65.7. The molecular formula is C58H78Cl4N8O12S2. The summed E-state index contributed by atoms with van der Waals surface area (Å²) in [6, 6.07) is 19.7. The van der Waals surface area contributed by atoms with Gasteiger partial charge in [-0.25, -0.2) is 35.9 Å². The second kappa shape index (κ2) is 33.2. The molecule has 20 nitrogen and oxygen atoms in total. The standard InChI is InChI=1S/C58H78Cl4N8O12S2/c59-42-35-41-36-52(69-23-5-1-6-24-69)56(54(41)51(62)39-42)82-45-11-15-47(16-12-45)84(75,76)68-22-30-80-34-32-78-28-20-66-58(72)64-18-4-3-17-63-57(71)65-19-27-77-31-33-79-29-21-67-83(73,74)46-13-9-44(10-14-46)81-55-49-37-43(60)38-50(61)48(49)40-53(55)70-25-7-2-8-26-70/h9-16,35,37-39,52-53,55-56,67-68H,1-8,17-34,36,40H2,(H2,63,65,71)(H2,64,66,72)/t52-,53-,55-,56+/m1/s1. The van der Waals surface area contributed by atoms with Gasteiger partial charge in [0.05, 0.1) is 74.7 Å². The number of fused-ring (bicyclic) bond motifs is 2. The molecule has 0 spiro atoms. The number of ether oxygens (including phenoxy) is 6. The predicted molar refractivity (Wildman–Crippen MR) is 324 cm³/mol. The number of unbranched alkanes of at least 4 members (excludes halogenated alkanes) is 1. The van der Waals surface area contributed by atoms with Crippen LogP contribution in [0.2, 0.25) is 20.1 Å². The van der Waals surface area contributed by atoms with Crippen molar-refractivity contribution in [2.24, 2.45) is 0 Å². The van der Waals surface area contributed by atoms with Crippen molar-refractivity contribution in [3.05, 3.63) is 115 Å². The van der Waals surface area contributed by atoms with Crippen molar-refractivity contribution >= 4 is 78.5 Å². The van der Waals surface area contributed by atoms with E-state index in [1.165, 1.54) is 37.1 Å². The number of nitrogens with one attached hydrogen (secondary N) is 6. The maximum atomic E-state index is 13.0. The van der Waals surface area contributed by atoms with Gasteiger partial charge in [0.2, 0.25) is 20.0 Å². The summed E-state index contributed by atoms with van der Waals surface area (Å²) < 4.78 is 92.4. The molecule has 0 radical (unpaired) electrons. The molecule has 84 heavy (non-hydrogen) atoms. The van der Waals surface area contributed by atoms with Gasteiger partial charge in [-0.3, -0.25) is 9.80 Å². The summed E-state index contributed by atoms with van der Waals surface area (Å²) in [5.74, 6) is 1.10. The van der Waals surface area contributed by atoms with Crippen molar-refractivity contribution in [3.8, 4) is 11.5 Å². The molecule has 462 valence electrons. The number of sulfonamides is 2. The number of carbonyl (C=O) groups excluding carboxylic acids is 2. The molecule has 4 amide bonds. The quantitative estimate of drug-likeness (QED) is 0.0248. The third-order valence-electron chi connectivity index (χ3n) is 15.1. The largest absolute Gasteiger partial charge is 0.484 e. The Bertz CT molecular complexity index is 2980. The molecule has 0 bridgehead atoms. The van der Waals surface area contributed by atoms with Crippen molar-refractivity contribution < 1.29 is 54.8 Å². The summed E-state index contributed by atoms with van der Waals surface area (Å²) >= 11 is 26.1. The van der Waals surface area contributed by atoms with Crippen LogP contribution < -0.4 is 40.2 Å². The average molecular weight is 1290 g/mol. The first-order valence-corrected chi connectivity index (χ1v) is 33.4. The van der Waals surface area contributed by atoms with Gasteiger partial charge in [-0.1, -0.05) is 59.2 Å². The van der Waals surface area contributed by atoms with Gasteiger partial charge in [0.25, 0.3) is 0 Å². The molecule has 2 aliphatic heterocycles. The van der Waals surface area contributed by atoms with E-state index in [1.807, 2.05) is 12.1 Å². The van der Waals surface area contributed by atoms with Crippen molar-refractivity contribution in [1.82, 2.24) is 40.5 Å². The number of benzene rings is 4. The van der Waals surface area contributed by atoms with Gasteiger partial charge in [0, 0.05) is 70.5 Å². The first-order chi connectivity index (χ1) is 40.6. The minimum absolute atomic E-state index is 0.0692. The molecule has 0 unspecified atom stereocenters. The molecule has 0 saturated carbocycles. The zero-order valence-electron chi connectivity index (χ0n) is 47.2. The van der Waals surface area contributed by atoms with Crippen molar-refractivity contribution in [3.63, 3.8) is 0 Å². The fourth-order valence-corrected chi connectivity index (χ4v) is 14.2. The molecule has 2 aliphatic carbocycles. The van der Waals surface area contributed by atoms with Crippen LogP contribution in [0.5, 0.6) is 11.5 Å². The van der Waals surface area contributed by atoms with E-state index in [0.717, 1.165) is 87.0 Å². The molecule has 4 aromatic rings. The number of urea groups is 2. The van der Waals surface area contributed by atoms with E-state index in [4.69, 9.17) is 74.8 Å². The van der Waals surface area contributed by atoms with Crippen LogP contribution in [0.25, 0.3) is 0 Å². The molecule has 2 saturated heterocycles. The minimum atomic E-state index is -3.79. The lowest BCUT2D eigenvalue weighted by molar-refractivity contribution is 0.0516. The Morgan fingerprint density at radius 2 is 0.893 bits per heavy atom. The normalized spacial score (nSPS) is 19.1. The first-order valence-electron chi connectivity index (χ1n) is 29.0. The molecule has 8 rings (SSSR count). The van der Waals surface area contributed by atoms with E-state index < -0.39 is 20.0 Å². The van der Waals surface area contributed by atoms with Crippen LogP contribution >= 0.6 is 46.4 Å². The van der Waals surface area contributed by atoms with Gasteiger partial charge >= 0.3 is 12.1 Å². The van der Waals surface area contributed by atoms with E-state index in [1.54, 1.807) is 36.4 Å². The number of amides is 4. The monoisotopic (exact) mass is 1280 g/mol. The van der Waals surface area contributed by atoms with E-state index in [-0.39, 0.29) is 125 Å². The maximum absolute atomic E-state index is 13.0. The highest BCUT2D eigenvalue weighted by Gasteiger charge is 2.42. The highest BCUT2D eigenvalue weighted by Crippen LogP contribution is 2.45. The number of hydrogen-bond acceptors (Lipinski definition) is 14. The highest BCUT2D eigenvalue weighted by molar-refractivity contribution is 7.89. The second-order valence-corrected chi connectivity index (χ2v) is 26.2. The van der Waals surface area contributed by atoms with Gasteiger partial charge in [0.15, 0.2) is 0 Å². The molecule has 6 N–H and O–H groups in total. The molecule has 2 fully saturated rings. The number of nitrogens with zero attached hydrogens (tertiary/aromatic N) is 2. The summed E-state index contributed by atoms with van der Waals surface area (Å²) in [5, 5.41) is 13.3. The Morgan fingerprint density at radius 3 is 1.38 bits per heavy atom. The number of piperidine rings is 2. The smallest absolute Gasteiger partial charge is 0.314 e. The molecule has 4 atom stereocenters. The Kier molecular flexibility index (Phi) is 26.0.